The third-order valence-electron chi connectivity index (χ3n) is 6.41. The van der Waals surface area contributed by atoms with Crippen molar-refractivity contribution in [3.8, 4) is 11.5 Å². The van der Waals surface area contributed by atoms with E-state index in [9.17, 15) is 15.3 Å². The van der Waals surface area contributed by atoms with Crippen molar-refractivity contribution in [3.05, 3.63) is 23.3 Å². The minimum absolute atomic E-state index is 0.113. The van der Waals surface area contributed by atoms with Crippen LogP contribution in [0, 0.1) is 23.7 Å². The molecule has 0 radical (unpaired) electrons. The summed E-state index contributed by atoms with van der Waals surface area (Å²) in [6.45, 7) is 2.30. The molecule has 0 amide bonds. The summed E-state index contributed by atoms with van der Waals surface area (Å²) in [5.41, 5.74) is 2.20. The van der Waals surface area contributed by atoms with E-state index in [1.165, 1.54) is 6.07 Å². The maximum absolute atomic E-state index is 10.3. The lowest BCUT2D eigenvalue weighted by atomic mass is 9.57. The number of rotatable bonds is 0. The van der Waals surface area contributed by atoms with Crippen LogP contribution < -0.4 is 0 Å². The zero-order chi connectivity index (χ0) is 14.7. The SMILES string of the molecule is C[C@@H]1Cc2cc(O)cc(O)c2[C@H]2CC[C@H]3[C@@H](CC[C@@H]3O)[C@H]12. The molecule has 3 N–H and O–H groups in total. The third-order valence-corrected chi connectivity index (χ3v) is 6.41. The maximum Gasteiger partial charge on any atom is 0.123 e. The average molecular weight is 288 g/mol. The molecule has 3 aliphatic rings. The topological polar surface area (TPSA) is 60.7 Å². The second-order valence-electron chi connectivity index (χ2n) is 7.45. The van der Waals surface area contributed by atoms with E-state index in [-0.39, 0.29) is 17.6 Å². The first-order valence-electron chi connectivity index (χ1n) is 8.29. The highest BCUT2D eigenvalue weighted by molar-refractivity contribution is 5.49. The van der Waals surface area contributed by atoms with Gasteiger partial charge < -0.3 is 15.3 Å². The van der Waals surface area contributed by atoms with Crippen LogP contribution in [0.3, 0.4) is 0 Å². The predicted octanol–water partition coefficient (Wildman–Crippen LogP) is 3.17. The molecule has 0 saturated heterocycles. The number of phenols is 2. The summed E-state index contributed by atoms with van der Waals surface area (Å²) >= 11 is 0. The molecule has 0 aromatic heterocycles. The molecule has 0 bridgehead atoms. The van der Waals surface area contributed by atoms with Crippen LogP contribution in [-0.2, 0) is 6.42 Å². The van der Waals surface area contributed by atoms with Crippen molar-refractivity contribution in [2.75, 3.05) is 0 Å². The van der Waals surface area contributed by atoms with E-state index in [4.69, 9.17) is 0 Å². The van der Waals surface area contributed by atoms with Crippen molar-refractivity contribution < 1.29 is 15.3 Å². The lowest BCUT2D eigenvalue weighted by Gasteiger charge is -2.48. The van der Waals surface area contributed by atoms with E-state index in [0.717, 1.165) is 43.2 Å². The average Bonchev–Trinajstić information content (AvgIpc) is 2.79. The third kappa shape index (κ3) is 1.90. The van der Waals surface area contributed by atoms with Crippen molar-refractivity contribution in [2.24, 2.45) is 23.7 Å². The second kappa shape index (κ2) is 4.64. The lowest BCUT2D eigenvalue weighted by molar-refractivity contribution is 0.0373. The standard InChI is InChI=1S/C18H24O3/c1-9-6-10-7-11(19)8-16(21)18(10)14-3-2-12-13(17(9)14)4-5-15(12)20/h7-9,12-15,17,19-21H,2-6H2,1H3/t9-,12+,13-,14+,15+,17+/m1/s1. The summed E-state index contributed by atoms with van der Waals surface area (Å²) in [5.74, 6) is 3.04. The molecular weight excluding hydrogens is 264 g/mol. The van der Waals surface area contributed by atoms with E-state index in [1.807, 2.05) is 6.07 Å². The Morgan fingerprint density at radius 3 is 2.57 bits per heavy atom. The second-order valence-corrected chi connectivity index (χ2v) is 7.45. The molecule has 3 nitrogen and oxygen atoms in total. The Bertz CT molecular complexity index is 568. The Balaban J connectivity index is 1.77. The van der Waals surface area contributed by atoms with Crippen LogP contribution in [0.4, 0.5) is 0 Å². The Hall–Kier alpha value is -1.22. The Morgan fingerprint density at radius 2 is 1.76 bits per heavy atom. The quantitative estimate of drug-likeness (QED) is 0.687. The molecule has 114 valence electrons. The van der Waals surface area contributed by atoms with Crippen molar-refractivity contribution in [1.29, 1.82) is 0 Å². The Labute approximate surface area is 125 Å². The first-order valence-corrected chi connectivity index (χ1v) is 8.29. The summed E-state index contributed by atoms with van der Waals surface area (Å²) in [7, 11) is 0. The van der Waals surface area contributed by atoms with Crippen molar-refractivity contribution in [3.63, 3.8) is 0 Å². The molecule has 1 aromatic rings. The van der Waals surface area contributed by atoms with Crippen LogP contribution in [0.1, 0.15) is 49.7 Å². The molecule has 0 unspecified atom stereocenters. The van der Waals surface area contributed by atoms with Gasteiger partial charge in [-0.15, -0.1) is 0 Å². The first-order chi connectivity index (χ1) is 10.1. The van der Waals surface area contributed by atoms with Gasteiger partial charge in [0.2, 0.25) is 0 Å². The molecule has 3 heteroatoms. The van der Waals surface area contributed by atoms with Gasteiger partial charge in [-0.2, -0.15) is 0 Å². The number of hydrogen-bond acceptors (Lipinski definition) is 3. The van der Waals surface area contributed by atoms with E-state index >= 15 is 0 Å². The van der Waals surface area contributed by atoms with Crippen LogP contribution in [-0.4, -0.2) is 21.4 Å². The Kier molecular flexibility index (Phi) is 2.97. The van der Waals surface area contributed by atoms with Gasteiger partial charge in [-0.1, -0.05) is 6.92 Å². The van der Waals surface area contributed by atoms with Gasteiger partial charge in [-0.3, -0.25) is 0 Å². The fourth-order valence-corrected chi connectivity index (χ4v) is 5.74. The molecule has 0 spiro atoms. The highest BCUT2D eigenvalue weighted by atomic mass is 16.3. The van der Waals surface area contributed by atoms with Crippen LogP contribution in [0.15, 0.2) is 12.1 Å². The van der Waals surface area contributed by atoms with Crippen LogP contribution >= 0.6 is 0 Å². The number of aliphatic hydroxyl groups excluding tert-OH is 1. The first kappa shape index (κ1) is 13.4. The lowest BCUT2D eigenvalue weighted by Crippen LogP contribution is -2.40. The zero-order valence-electron chi connectivity index (χ0n) is 12.5. The number of aliphatic hydroxyl groups is 1. The van der Waals surface area contributed by atoms with Crippen molar-refractivity contribution in [2.45, 2.75) is 51.0 Å². The van der Waals surface area contributed by atoms with Gasteiger partial charge in [0, 0.05) is 11.6 Å². The van der Waals surface area contributed by atoms with Gasteiger partial charge in [-0.05, 0) is 73.3 Å². The van der Waals surface area contributed by atoms with Gasteiger partial charge in [0.15, 0.2) is 0 Å². The predicted molar refractivity (Wildman–Crippen MR) is 80.3 cm³/mol. The molecule has 2 fully saturated rings. The number of hydrogen-bond donors (Lipinski definition) is 3. The number of fused-ring (bicyclic) bond motifs is 5. The fraction of sp³-hybridized carbons (Fsp3) is 0.667. The van der Waals surface area contributed by atoms with Crippen molar-refractivity contribution >= 4 is 0 Å². The van der Waals surface area contributed by atoms with Crippen LogP contribution in [0.25, 0.3) is 0 Å². The van der Waals surface area contributed by atoms with E-state index in [0.29, 0.717) is 29.6 Å². The molecule has 1 aromatic carbocycles. The fourth-order valence-electron chi connectivity index (χ4n) is 5.74. The minimum Gasteiger partial charge on any atom is -0.508 e. The molecule has 6 atom stereocenters. The van der Waals surface area contributed by atoms with E-state index in [2.05, 4.69) is 6.92 Å². The van der Waals surface area contributed by atoms with Gasteiger partial charge in [0.1, 0.15) is 11.5 Å². The molecule has 2 saturated carbocycles. The van der Waals surface area contributed by atoms with Crippen LogP contribution in [0.5, 0.6) is 11.5 Å². The smallest absolute Gasteiger partial charge is 0.123 e. The molecule has 0 aliphatic heterocycles. The van der Waals surface area contributed by atoms with Gasteiger partial charge in [0.05, 0.1) is 6.10 Å². The van der Waals surface area contributed by atoms with Gasteiger partial charge in [0.25, 0.3) is 0 Å². The minimum atomic E-state index is -0.113. The molecule has 0 heterocycles. The molecular formula is C18H24O3. The molecule has 3 aliphatic carbocycles. The number of phenolic OH excluding ortho intramolecular Hbond substituents is 2. The Morgan fingerprint density at radius 1 is 1.00 bits per heavy atom. The maximum atomic E-state index is 10.3. The molecule has 4 rings (SSSR count). The highest BCUT2D eigenvalue weighted by Gasteiger charge is 2.50. The summed E-state index contributed by atoms with van der Waals surface area (Å²) in [4.78, 5) is 0. The summed E-state index contributed by atoms with van der Waals surface area (Å²) < 4.78 is 0. The summed E-state index contributed by atoms with van der Waals surface area (Å²) in [5, 5.41) is 30.3. The monoisotopic (exact) mass is 288 g/mol. The van der Waals surface area contributed by atoms with E-state index in [1.54, 1.807) is 0 Å². The summed E-state index contributed by atoms with van der Waals surface area (Å²) in [6, 6.07) is 3.32. The normalized spacial score (nSPS) is 41.2. The van der Waals surface area contributed by atoms with Crippen LogP contribution in [0.2, 0.25) is 0 Å². The highest BCUT2D eigenvalue weighted by Crippen LogP contribution is 2.58. The zero-order valence-corrected chi connectivity index (χ0v) is 12.5. The number of aromatic hydroxyl groups is 2. The summed E-state index contributed by atoms with van der Waals surface area (Å²) in [6.07, 6.45) is 5.01. The largest absolute Gasteiger partial charge is 0.508 e. The molecule has 21 heavy (non-hydrogen) atoms. The van der Waals surface area contributed by atoms with Crippen molar-refractivity contribution in [1.82, 2.24) is 0 Å². The van der Waals surface area contributed by atoms with Gasteiger partial charge in [-0.25, -0.2) is 0 Å². The number of benzene rings is 1. The van der Waals surface area contributed by atoms with Gasteiger partial charge >= 0.3 is 0 Å². The van der Waals surface area contributed by atoms with E-state index < -0.39 is 0 Å².